The first-order chi connectivity index (χ1) is 14.8. The molecule has 4 heteroatoms. The monoisotopic (exact) mass is 442 g/mol. The number of hydrogen-bond acceptors (Lipinski definition) is 2. The molecule has 1 aromatic rings. The first-order valence-electron chi connectivity index (χ1n) is 12.4. The van der Waals surface area contributed by atoms with E-state index in [4.69, 9.17) is 0 Å². The Kier molecular flexibility index (Phi) is 6.59. The van der Waals surface area contributed by atoms with Crippen LogP contribution in [-0.4, -0.2) is 22.2 Å². The zero-order chi connectivity index (χ0) is 23.9. The molecule has 0 aliphatic heterocycles. The molecule has 0 saturated heterocycles. The summed E-state index contributed by atoms with van der Waals surface area (Å²) in [6.07, 6.45) is 10.6. The number of carboxylic acids is 2. The molecule has 4 nitrogen and oxygen atoms in total. The highest BCUT2D eigenvalue weighted by Crippen LogP contribution is 2.59. The minimum Gasteiger partial charge on any atom is -0.478 e. The molecular formula is C28H42O4. The normalized spacial score (nSPS) is 21.2. The fourth-order valence-electron chi connectivity index (χ4n) is 7.01. The second-order valence-electron chi connectivity index (χ2n) is 12.3. The van der Waals surface area contributed by atoms with Crippen molar-refractivity contribution < 1.29 is 19.8 Å². The van der Waals surface area contributed by atoms with Gasteiger partial charge in [-0.25, -0.2) is 9.59 Å². The largest absolute Gasteiger partial charge is 0.478 e. The number of aromatic carboxylic acids is 2. The lowest BCUT2D eigenvalue weighted by molar-refractivity contribution is 0.0633. The van der Waals surface area contributed by atoms with Gasteiger partial charge in [0.25, 0.3) is 0 Å². The van der Waals surface area contributed by atoms with Crippen LogP contribution >= 0.6 is 0 Å². The molecule has 0 amide bonds. The van der Waals surface area contributed by atoms with Crippen LogP contribution in [0.5, 0.6) is 0 Å². The second-order valence-corrected chi connectivity index (χ2v) is 12.3. The van der Waals surface area contributed by atoms with Crippen molar-refractivity contribution >= 4 is 11.9 Å². The van der Waals surface area contributed by atoms with Gasteiger partial charge in [0.1, 0.15) is 0 Å². The van der Waals surface area contributed by atoms with E-state index >= 15 is 0 Å². The van der Waals surface area contributed by atoms with Crippen LogP contribution in [0.25, 0.3) is 0 Å². The highest BCUT2D eigenvalue weighted by molar-refractivity contribution is 6.03. The zero-order valence-corrected chi connectivity index (χ0v) is 20.9. The van der Waals surface area contributed by atoms with Gasteiger partial charge in [-0.1, -0.05) is 86.1 Å². The van der Waals surface area contributed by atoms with Crippen LogP contribution in [0.15, 0.2) is 12.1 Å². The fourth-order valence-corrected chi connectivity index (χ4v) is 7.01. The highest BCUT2D eigenvalue weighted by Gasteiger charge is 2.53. The highest BCUT2D eigenvalue weighted by atomic mass is 16.4. The second kappa shape index (κ2) is 8.50. The van der Waals surface area contributed by atoms with Crippen molar-refractivity contribution in [1.82, 2.24) is 0 Å². The quantitative estimate of drug-likeness (QED) is 0.504. The third-order valence-electron chi connectivity index (χ3n) is 8.93. The number of carbonyl (C=O) groups is 2. The van der Waals surface area contributed by atoms with E-state index in [0.29, 0.717) is 0 Å². The van der Waals surface area contributed by atoms with Crippen molar-refractivity contribution in [3.8, 4) is 0 Å². The van der Waals surface area contributed by atoms with E-state index in [9.17, 15) is 19.8 Å². The molecule has 0 bridgehead atoms. The minimum absolute atomic E-state index is 0.0426. The van der Waals surface area contributed by atoms with Crippen molar-refractivity contribution in [3.63, 3.8) is 0 Å². The summed E-state index contributed by atoms with van der Waals surface area (Å²) < 4.78 is 0. The molecule has 0 heterocycles. The lowest BCUT2D eigenvalue weighted by atomic mass is 9.49. The summed E-state index contributed by atoms with van der Waals surface area (Å²) in [5, 5.41) is 20.4. The summed E-state index contributed by atoms with van der Waals surface area (Å²) in [5.41, 5.74) is 1.19. The molecule has 0 aromatic heterocycles. The molecule has 3 rings (SSSR count). The van der Waals surface area contributed by atoms with Gasteiger partial charge in [-0.15, -0.1) is 0 Å². The van der Waals surface area contributed by atoms with Gasteiger partial charge < -0.3 is 10.2 Å². The summed E-state index contributed by atoms with van der Waals surface area (Å²) in [7, 11) is 0. The average molecular weight is 443 g/mol. The Balaban J connectivity index is 2.51. The van der Waals surface area contributed by atoms with E-state index in [2.05, 4.69) is 41.5 Å². The predicted octanol–water partition coefficient (Wildman–Crippen LogP) is 7.58. The van der Waals surface area contributed by atoms with Gasteiger partial charge in [0.05, 0.1) is 11.1 Å². The zero-order valence-electron chi connectivity index (χ0n) is 20.9. The van der Waals surface area contributed by atoms with E-state index in [1.54, 1.807) is 6.07 Å². The molecule has 2 aliphatic carbocycles. The van der Waals surface area contributed by atoms with Crippen LogP contribution in [0.3, 0.4) is 0 Å². The molecule has 2 saturated carbocycles. The Morgan fingerprint density at radius 1 is 0.688 bits per heavy atom. The Morgan fingerprint density at radius 3 is 1.50 bits per heavy atom. The van der Waals surface area contributed by atoms with Gasteiger partial charge in [0, 0.05) is 10.8 Å². The van der Waals surface area contributed by atoms with Crippen molar-refractivity contribution in [2.24, 2.45) is 10.8 Å². The van der Waals surface area contributed by atoms with Crippen molar-refractivity contribution in [1.29, 1.82) is 0 Å². The van der Waals surface area contributed by atoms with Crippen LogP contribution in [0.1, 0.15) is 138 Å². The van der Waals surface area contributed by atoms with Crippen LogP contribution in [0.4, 0.5) is 0 Å². The molecule has 178 valence electrons. The van der Waals surface area contributed by atoms with Crippen LogP contribution < -0.4 is 0 Å². The molecule has 1 aromatic carbocycles. The van der Waals surface area contributed by atoms with E-state index < -0.39 is 11.9 Å². The maximum Gasteiger partial charge on any atom is 0.336 e. The maximum atomic E-state index is 12.8. The Morgan fingerprint density at radius 2 is 1.12 bits per heavy atom. The lowest BCUT2D eigenvalue weighted by Crippen LogP contribution is -2.49. The van der Waals surface area contributed by atoms with E-state index in [0.717, 1.165) is 68.9 Å². The van der Waals surface area contributed by atoms with Crippen LogP contribution in [0, 0.1) is 10.8 Å². The van der Waals surface area contributed by atoms with Gasteiger partial charge >= 0.3 is 11.9 Å². The molecule has 2 N–H and O–H groups in total. The van der Waals surface area contributed by atoms with Crippen LogP contribution in [0.2, 0.25) is 0 Å². The standard InChI is InChI=1S/C28H42O4/c1-25(2,3)27(15-9-7-10-16-27)20-14-13-19(23(29)30)21(24(31)32)22(20)28(26(4,5)6)17-11-8-12-18-28/h13-14H,7-12,15-18H2,1-6H3,(H,29,30)(H,31,32). The lowest BCUT2D eigenvalue weighted by Gasteiger charge is -2.55. The summed E-state index contributed by atoms with van der Waals surface area (Å²) in [6, 6.07) is 3.58. The SMILES string of the molecule is CC(C)(C)C1(c2ccc(C(=O)O)c(C(=O)O)c2C2(C(C)(C)C)CCCCC2)CCCCC1. The molecule has 0 radical (unpaired) electrons. The topological polar surface area (TPSA) is 74.6 Å². The van der Waals surface area contributed by atoms with Gasteiger partial charge in [-0.2, -0.15) is 0 Å². The Bertz CT molecular complexity index is 870. The third kappa shape index (κ3) is 3.88. The van der Waals surface area contributed by atoms with Gasteiger partial charge in [-0.3, -0.25) is 0 Å². The number of benzene rings is 1. The Hall–Kier alpha value is -1.84. The van der Waals surface area contributed by atoms with E-state index in [1.165, 1.54) is 6.42 Å². The van der Waals surface area contributed by atoms with Gasteiger partial charge in [-0.05, 0) is 53.7 Å². The summed E-state index contributed by atoms with van der Waals surface area (Å²) in [5.74, 6) is -2.25. The van der Waals surface area contributed by atoms with Crippen molar-refractivity contribution in [3.05, 3.63) is 34.4 Å². The molecule has 0 unspecified atom stereocenters. The molecular weight excluding hydrogens is 400 g/mol. The average Bonchev–Trinajstić information content (AvgIpc) is 2.72. The van der Waals surface area contributed by atoms with Gasteiger partial charge in [0.2, 0.25) is 0 Å². The number of rotatable bonds is 4. The van der Waals surface area contributed by atoms with E-state index in [-0.39, 0.29) is 32.8 Å². The van der Waals surface area contributed by atoms with E-state index in [1.807, 2.05) is 6.07 Å². The molecule has 2 fully saturated rings. The third-order valence-corrected chi connectivity index (χ3v) is 8.93. The van der Waals surface area contributed by atoms with Crippen molar-refractivity contribution in [2.75, 3.05) is 0 Å². The molecule has 2 aliphatic rings. The Labute approximate surface area is 193 Å². The molecule has 0 atom stereocenters. The first kappa shape index (κ1) is 24.8. The molecule has 0 spiro atoms. The summed E-state index contributed by atoms with van der Waals surface area (Å²) in [4.78, 5) is 25.0. The number of carboxylic acid groups (broad SMARTS) is 2. The number of hydrogen-bond donors (Lipinski definition) is 2. The van der Waals surface area contributed by atoms with Crippen molar-refractivity contribution in [2.45, 2.75) is 117 Å². The van der Waals surface area contributed by atoms with Gasteiger partial charge in [0.15, 0.2) is 0 Å². The minimum atomic E-state index is -1.15. The van der Waals surface area contributed by atoms with Crippen LogP contribution in [-0.2, 0) is 10.8 Å². The maximum absolute atomic E-state index is 12.8. The smallest absolute Gasteiger partial charge is 0.336 e. The molecule has 32 heavy (non-hydrogen) atoms. The predicted molar refractivity (Wildman–Crippen MR) is 129 cm³/mol. The summed E-state index contributed by atoms with van der Waals surface area (Å²) in [6.45, 7) is 13.5. The first-order valence-corrected chi connectivity index (χ1v) is 12.4. The summed E-state index contributed by atoms with van der Waals surface area (Å²) >= 11 is 0. The fraction of sp³-hybridized carbons (Fsp3) is 0.714.